The Bertz CT molecular complexity index is 743. The van der Waals surface area contributed by atoms with Crippen LogP contribution in [0.5, 0.6) is 0 Å². The zero-order valence-corrected chi connectivity index (χ0v) is 8.79. The van der Waals surface area contributed by atoms with Crippen LogP contribution in [0.4, 0.5) is 5.69 Å². The summed E-state index contributed by atoms with van der Waals surface area (Å²) in [5.41, 5.74) is 7.52. The lowest BCUT2D eigenvalue weighted by atomic mass is 10.1. The van der Waals surface area contributed by atoms with Crippen molar-refractivity contribution in [2.45, 2.75) is 0 Å². The molecule has 17 heavy (non-hydrogen) atoms. The van der Waals surface area contributed by atoms with E-state index in [9.17, 15) is 4.79 Å². The normalized spacial score (nSPS) is 10.8. The van der Waals surface area contributed by atoms with Crippen LogP contribution in [-0.4, -0.2) is 19.7 Å². The molecule has 0 saturated carbocycles. The Morgan fingerprint density at radius 1 is 1.29 bits per heavy atom. The first-order chi connectivity index (χ1) is 8.27. The lowest BCUT2D eigenvalue weighted by molar-refractivity contribution is 0.990. The Morgan fingerprint density at radius 2 is 2.18 bits per heavy atom. The third kappa shape index (κ3) is 1.38. The number of H-pyrrole nitrogens is 1. The first kappa shape index (κ1) is 9.59. The van der Waals surface area contributed by atoms with E-state index in [1.807, 2.05) is 6.07 Å². The summed E-state index contributed by atoms with van der Waals surface area (Å²) in [6, 6.07) is 7.17. The molecule has 1 aromatic carbocycles. The highest BCUT2D eigenvalue weighted by Gasteiger charge is 2.08. The Hall–Kier alpha value is -2.63. The van der Waals surface area contributed by atoms with E-state index in [-0.39, 0.29) is 5.69 Å². The van der Waals surface area contributed by atoms with Crippen LogP contribution in [0, 0.1) is 0 Å². The summed E-state index contributed by atoms with van der Waals surface area (Å²) in [6.07, 6.45) is 3.10. The summed E-state index contributed by atoms with van der Waals surface area (Å²) in [5, 5.41) is 6.87. The molecule has 3 aromatic rings. The van der Waals surface area contributed by atoms with Gasteiger partial charge in [0.25, 0.3) is 0 Å². The highest BCUT2D eigenvalue weighted by atomic mass is 16.1. The Kier molecular flexibility index (Phi) is 1.94. The van der Waals surface area contributed by atoms with E-state index in [0.29, 0.717) is 16.9 Å². The van der Waals surface area contributed by atoms with Gasteiger partial charge in [-0.1, -0.05) is 0 Å². The van der Waals surface area contributed by atoms with Crippen molar-refractivity contribution < 1.29 is 0 Å². The maximum absolute atomic E-state index is 11.5. The number of nitrogens with two attached hydrogens (primary N) is 1. The van der Waals surface area contributed by atoms with E-state index in [0.717, 1.165) is 5.39 Å². The number of hydrogen-bond acceptors (Lipinski definition) is 4. The number of anilines is 1. The zero-order chi connectivity index (χ0) is 11.8. The van der Waals surface area contributed by atoms with Crippen LogP contribution >= 0.6 is 0 Å². The largest absolute Gasteiger partial charge is 0.397 e. The number of hydrogen-bond donors (Lipinski definition) is 2. The van der Waals surface area contributed by atoms with E-state index in [1.165, 1.54) is 10.9 Å². The van der Waals surface area contributed by atoms with E-state index in [1.54, 1.807) is 24.4 Å². The average molecular weight is 227 g/mol. The van der Waals surface area contributed by atoms with Crippen LogP contribution in [0.1, 0.15) is 0 Å². The van der Waals surface area contributed by atoms with Crippen molar-refractivity contribution in [2.75, 3.05) is 5.73 Å². The Morgan fingerprint density at radius 3 is 2.94 bits per heavy atom. The van der Waals surface area contributed by atoms with E-state index in [4.69, 9.17) is 5.73 Å². The highest BCUT2D eigenvalue weighted by molar-refractivity contribution is 5.95. The molecular formula is C11H9N5O. The van der Waals surface area contributed by atoms with Crippen molar-refractivity contribution in [3.63, 3.8) is 0 Å². The van der Waals surface area contributed by atoms with Gasteiger partial charge in [0.1, 0.15) is 6.33 Å². The summed E-state index contributed by atoms with van der Waals surface area (Å²) in [5.74, 6) is 0. The molecule has 0 unspecified atom stereocenters. The molecule has 3 N–H and O–H groups in total. The molecule has 0 bridgehead atoms. The maximum Gasteiger partial charge on any atom is 0.347 e. The topological polar surface area (TPSA) is 89.6 Å². The number of nitrogen functional groups attached to an aromatic ring is 1. The summed E-state index contributed by atoms with van der Waals surface area (Å²) in [4.78, 5) is 15.8. The second-order valence-electron chi connectivity index (χ2n) is 3.61. The van der Waals surface area contributed by atoms with Crippen molar-refractivity contribution in [2.24, 2.45) is 0 Å². The van der Waals surface area contributed by atoms with Gasteiger partial charge in [0.15, 0.2) is 0 Å². The first-order valence-corrected chi connectivity index (χ1v) is 5.03. The summed E-state index contributed by atoms with van der Waals surface area (Å²) < 4.78 is 1.42. The number of aromatic amines is 1. The minimum atomic E-state index is -0.292. The molecule has 84 valence electrons. The lowest BCUT2D eigenvalue weighted by Crippen LogP contribution is -2.14. The van der Waals surface area contributed by atoms with Gasteiger partial charge in [0, 0.05) is 11.6 Å². The molecule has 0 atom stereocenters. The molecule has 0 aliphatic heterocycles. The van der Waals surface area contributed by atoms with Gasteiger partial charge in [-0.15, -0.1) is 0 Å². The molecule has 6 heteroatoms. The quantitative estimate of drug-likeness (QED) is 0.598. The van der Waals surface area contributed by atoms with Crippen LogP contribution in [0.25, 0.3) is 16.6 Å². The number of benzene rings is 1. The maximum atomic E-state index is 11.5. The first-order valence-electron chi connectivity index (χ1n) is 5.03. The molecule has 0 fully saturated rings. The van der Waals surface area contributed by atoms with Crippen LogP contribution in [0.2, 0.25) is 0 Å². The molecule has 3 rings (SSSR count). The van der Waals surface area contributed by atoms with Gasteiger partial charge < -0.3 is 5.73 Å². The number of rotatable bonds is 1. The van der Waals surface area contributed by atoms with Crippen molar-refractivity contribution >= 4 is 16.6 Å². The third-order valence-electron chi connectivity index (χ3n) is 2.59. The van der Waals surface area contributed by atoms with Crippen molar-refractivity contribution in [3.05, 3.63) is 47.3 Å². The summed E-state index contributed by atoms with van der Waals surface area (Å²) in [7, 11) is 0. The molecule has 2 heterocycles. The SMILES string of the molecule is Nc1ccc(-n2cn[nH]c2=O)c2cccnc12. The number of aromatic nitrogens is 4. The smallest absolute Gasteiger partial charge is 0.347 e. The van der Waals surface area contributed by atoms with Gasteiger partial charge >= 0.3 is 5.69 Å². The fraction of sp³-hybridized carbons (Fsp3) is 0. The molecule has 2 aromatic heterocycles. The summed E-state index contributed by atoms with van der Waals surface area (Å²) >= 11 is 0. The Balaban J connectivity index is 2.43. The second kappa shape index (κ2) is 3.44. The van der Waals surface area contributed by atoms with E-state index >= 15 is 0 Å². The molecule has 0 aliphatic rings. The molecule has 0 spiro atoms. The second-order valence-corrected chi connectivity index (χ2v) is 3.61. The number of nitrogens with zero attached hydrogens (tertiary/aromatic N) is 3. The fourth-order valence-electron chi connectivity index (χ4n) is 1.81. The molecule has 0 saturated heterocycles. The summed E-state index contributed by atoms with van der Waals surface area (Å²) in [6.45, 7) is 0. The van der Waals surface area contributed by atoms with Gasteiger partial charge in [0.05, 0.1) is 16.9 Å². The number of pyridine rings is 1. The van der Waals surface area contributed by atoms with Crippen LogP contribution < -0.4 is 11.4 Å². The molecular weight excluding hydrogens is 218 g/mol. The average Bonchev–Trinajstić information content (AvgIpc) is 2.77. The van der Waals surface area contributed by atoms with Gasteiger partial charge in [-0.05, 0) is 24.3 Å². The van der Waals surface area contributed by atoms with Crippen molar-refractivity contribution in [3.8, 4) is 5.69 Å². The molecule has 0 aliphatic carbocycles. The minimum absolute atomic E-state index is 0.292. The lowest BCUT2D eigenvalue weighted by Gasteiger charge is -2.07. The van der Waals surface area contributed by atoms with Gasteiger partial charge in [-0.2, -0.15) is 5.10 Å². The predicted molar refractivity (Wildman–Crippen MR) is 63.9 cm³/mol. The molecule has 0 radical (unpaired) electrons. The van der Waals surface area contributed by atoms with Crippen LogP contribution in [0.3, 0.4) is 0 Å². The van der Waals surface area contributed by atoms with Crippen LogP contribution in [0.15, 0.2) is 41.6 Å². The van der Waals surface area contributed by atoms with E-state index < -0.39 is 0 Å². The molecule has 0 amide bonds. The van der Waals surface area contributed by atoms with Crippen molar-refractivity contribution in [1.82, 2.24) is 19.7 Å². The predicted octanol–water partition coefficient (Wildman–Crippen LogP) is 0.691. The fourth-order valence-corrected chi connectivity index (χ4v) is 1.81. The Labute approximate surface area is 95.7 Å². The standard InChI is InChI=1S/C11H9N5O/c12-8-3-4-9(16-6-14-15-11(16)17)7-2-1-5-13-10(7)8/h1-6H,12H2,(H,15,17). The minimum Gasteiger partial charge on any atom is -0.397 e. The highest BCUT2D eigenvalue weighted by Crippen LogP contribution is 2.24. The van der Waals surface area contributed by atoms with E-state index in [2.05, 4.69) is 15.2 Å². The third-order valence-corrected chi connectivity index (χ3v) is 2.59. The van der Waals surface area contributed by atoms with Gasteiger partial charge in [0.2, 0.25) is 0 Å². The number of nitrogens with one attached hydrogen (secondary N) is 1. The van der Waals surface area contributed by atoms with Gasteiger partial charge in [-0.25, -0.2) is 14.5 Å². The van der Waals surface area contributed by atoms with Gasteiger partial charge in [-0.3, -0.25) is 4.98 Å². The zero-order valence-electron chi connectivity index (χ0n) is 8.79. The monoisotopic (exact) mass is 227 g/mol. The van der Waals surface area contributed by atoms with Crippen LogP contribution in [-0.2, 0) is 0 Å². The molecule has 6 nitrogen and oxygen atoms in total. The van der Waals surface area contributed by atoms with Crippen molar-refractivity contribution in [1.29, 1.82) is 0 Å². The number of fused-ring (bicyclic) bond motifs is 1.